The third-order valence-electron chi connectivity index (χ3n) is 6.17. The third-order valence-corrected chi connectivity index (χ3v) is 6.17. The zero-order valence-corrected chi connectivity index (χ0v) is 18.4. The number of ether oxygens (including phenoxy) is 1. The molecule has 0 saturated heterocycles. The molecule has 29 heavy (non-hydrogen) atoms. The summed E-state index contributed by atoms with van der Waals surface area (Å²) < 4.78 is 5.83. The first-order valence-corrected chi connectivity index (χ1v) is 11.3. The Balaban J connectivity index is 1.63. The lowest BCUT2D eigenvalue weighted by molar-refractivity contribution is -0.125. The van der Waals surface area contributed by atoms with Crippen LogP contribution >= 0.6 is 0 Å². The van der Waals surface area contributed by atoms with Gasteiger partial charge >= 0.3 is 0 Å². The van der Waals surface area contributed by atoms with Crippen molar-refractivity contribution in [1.29, 1.82) is 0 Å². The zero-order chi connectivity index (χ0) is 21.0. The number of fused-ring (bicyclic) bond motifs is 1. The van der Waals surface area contributed by atoms with Crippen LogP contribution in [0.5, 0.6) is 5.75 Å². The minimum atomic E-state index is -0.509. The smallest absolute Gasteiger partial charge is 0.267 e. The summed E-state index contributed by atoms with van der Waals surface area (Å²) in [6.07, 6.45) is 7.63. The van der Waals surface area contributed by atoms with Crippen molar-refractivity contribution in [3.8, 4) is 5.75 Å². The predicted molar refractivity (Wildman–Crippen MR) is 117 cm³/mol. The molecule has 1 aromatic rings. The van der Waals surface area contributed by atoms with E-state index in [0.717, 1.165) is 43.0 Å². The fourth-order valence-corrected chi connectivity index (χ4v) is 4.49. The van der Waals surface area contributed by atoms with Crippen LogP contribution in [-0.2, 0) is 9.59 Å². The van der Waals surface area contributed by atoms with E-state index in [-0.39, 0.29) is 17.7 Å². The number of carbonyl (C=O) groups is 2. The van der Waals surface area contributed by atoms with Crippen LogP contribution in [-0.4, -0.2) is 24.5 Å². The van der Waals surface area contributed by atoms with Crippen molar-refractivity contribution in [2.24, 2.45) is 17.8 Å². The Hall–Kier alpha value is -2.04. The monoisotopic (exact) mass is 400 g/mol. The van der Waals surface area contributed by atoms with E-state index in [0.29, 0.717) is 18.2 Å². The highest BCUT2D eigenvalue weighted by atomic mass is 16.5. The number of nitrogens with zero attached hydrogens (tertiary/aromatic N) is 1. The van der Waals surface area contributed by atoms with Gasteiger partial charge in [-0.3, -0.25) is 9.59 Å². The maximum absolute atomic E-state index is 12.8. The zero-order valence-electron chi connectivity index (χ0n) is 18.4. The van der Waals surface area contributed by atoms with Gasteiger partial charge in [0.2, 0.25) is 5.91 Å². The maximum atomic E-state index is 12.8. The van der Waals surface area contributed by atoms with Gasteiger partial charge in [0.05, 0.1) is 5.69 Å². The molecule has 1 fully saturated rings. The van der Waals surface area contributed by atoms with E-state index in [4.69, 9.17) is 4.74 Å². The van der Waals surface area contributed by atoms with Gasteiger partial charge in [-0.15, -0.1) is 0 Å². The van der Waals surface area contributed by atoms with E-state index in [2.05, 4.69) is 26.1 Å². The van der Waals surface area contributed by atoms with Gasteiger partial charge < -0.3 is 15.0 Å². The number of carbonyl (C=O) groups excluding carboxylic acids is 2. The fourth-order valence-electron chi connectivity index (χ4n) is 4.49. The van der Waals surface area contributed by atoms with Gasteiger partial charge in [0.25, 0.3) is 5.91 Å². The van der Waals surface area contributed by atoms with Crippen molar-refractivity contribution in [1.82, 2.24) is 0 Å². The Kier molecular flexibility index (Phi) is 7.20. The summed E-state index contributed by atoms with van der Waals surface area (Å²) in [6, 6.07) is 5.62. The number of nitrogens with one attached hydrogen (secondary N) is 1. The van der Waals surface area contributed by atoms with Gasteiger partial charge in [0.1, 0.15) is 5.75 Å². The summed E-state index contributed by atoms with van der Waals surface area (Å²) >= 11 is 0. The minimum absolute atomic E-state index is 0.0113. The van der Waals surface area contributed by atoms with Crippen LogP contribution in [0.2, 0.25) is 0 Å². The largest absolute Gasteiger partial charge is 0.479 e. The number of rotatable bonds is 7. The first kappa shape index (κ1) is 21.7. The summed E-state index contributed by atoms with van der Waals surface area (Å²) in [5.74, 6) is 2.02. The summed E-state index contributed by atoms with van der Waals surface area (Å²) in [7, 11) is 0. The summed E-state index contributed by atoms with van der Waals surface area (Å²) in [5, 5.41) is 3.08. The molecule has 1 aliphatic heterocycles. The number of hydrogen-bond acceptors (Lipinski definition) is 3. The van der Waals surface area contributed by atoms with Crippen molar-refractivity contribution in [2.75, 3.05) is 16.8 Å². The number of hydrogen-bond donors (Lipinski definition) is 1. The molecule has 5 heteroatoms. The van der Waals surface area contributed by atoms with Crippen molar-refractivity contribution >= 4 is 23.2 Å². The Morgan fingerprint density at radius 1 is 1.24 bits per heavy atom. The molecule has 5 nitrogen and oxygen atoms in total. The van der Waals surface area contributed by atoms with E-state index in [9.17, 15) is 9.59 Å². The average Bonchev–Trinajstić information content (AvgIpc) is 2.70. The molecule has 160 valence electrons. The Morgan fingerprint density at radius 3 is 2.62 bits per heavy atom. The molecule has 0 bridgehead atoms. The lowest BCUT2D eigenvalue weighted by Crippen LogP contribution is -2.46. The van der Waals surface area contributed by atoms with Crippen LogP contribution in [0.25, 0.3) is 0 Å². The van der Waals surface area contributed by atoms with Gasteiger partial charge in [-0.25, -0.2) is 0 Å². The molecule has 3 rings (SSSR count). The number of amides is 2. The topological polar surface area (TPSA) is 58.6 Å². The molecular weight excluding hydrogens is 364 g/mol. The van der Waals surface area contributed by atoms with Gasteiger partial charge in [0, 0.05) is 24.2 Å². The molecular formula is C24H36N2O3. The highest BCUT2D eigenvalue weighted by molar-refractivity contribution is 6.00. The summed E-state index contributed by atoms with van der Waals surface area (Å²) in [4.78, 5) is 27.1. The molecule has 1 N–H and O–H groups in total. The average molecular weight is 401 g/mol. The highest BCUT2D eigenvalue weighted by Gasteiger charge is 2.32. The van der Waals surface area contributed by atoms with Crippen molar-refractivity contribution in [3.63, 3.8) is 0 Å². The first-order chi connectivity index (χ1) is 13.9. The fraction of sp³-hybridized carbons (Fsp3) is 0.667. The lowest BCUT2D eigenvalue weighted by atomic mass is 9.79. The SMILES string of the molecule is CCCCC1CCC(C(=O)Nc2ccc3c(c2)OC(C)C(=O)N3CC(C)C)CC1. The second kappa shape index (κ2) is 9.64. The molecule has 1 saturated carbocycles. The van der Waals surface area contributed by atoms with Crippen LogP contribution in [0.1, 0.15) is 72.6 Å². The van der Waals surface area contributed by atoms with Crippen LogP contribution < -0.4 is 15.0 Å². The van der Waals surface area contributed by atoms with Crippen molar-refractivity contribution in [2.45, 2.75) is 78.7 Å². The van der Waals surface area contributed by atoms with Crippen LogP contribution in [0.4, 0.5) is 11.4 Å². The first-order valence-electron chi connectivity index (χ1n) is 11.3. The van der Waals surface area contributed by atoms with Crippen LogP contribution in [0.15, 0.2) is 18.2 Å². The molecule has 2 amide bonds. The molecule has 1 aromatic carbocycles. The molecule has 2 aliphatic rings. The Bertz CT molecular complexity index is 723. The van der Waals surface area contributed by atoms with E-state index < -0.39 is 6.10 Å². The Labute approximate surface area is 175 Å². The van der Waals surface area contributed by atoms with Crippen molar-refractivity contribution < 1.29 is 14.3 Å². The van der Waals surface area contributed by atoms with E-state index in [1.165, 1.54) is 19.3 Å². The van der Waals surface area contributed by atoms with Crippen LogP contribution in [0, 0.1) is 17.8 Å². The lowest BCUT2D eigenvalue weighted by Gasteiger charge is -2.34. The number of anilines is 2. The normalized spacial score (nSPS) is 24.2. The van der Waals surface area contributed by atoms with Gasteiger partial charge in [-0.1, -0.05) is 40.0 Å². The maximum Gasteiger partial charge on any atom is 0.267 e. The summed E-state index contributed by atoms with van der Waals surface area (Å²) in [5.41, 5.74) is 1.53. The number of benzene rings is 1. The molecule has 1 heterocycles. The second-order valence-electron chi connectivity index (χ2n) is 9.13. The third kappa shape index (κ3) is 5.31. The standard InChI is InChI=1S/C24H36N2O3/c1-5-6-7-18-8-10-19(11-9-18)23(27)25-20-12-13-21-22(14-20)29-17(4)24(28)26(21)15-16(2)3/h12-14,16-19H,5-11,15H2,1-4H3,(H,25,27). The minimum Gasteiger partial charge on any atom is -0.479 e. The summed E-state index contributed by atoms with van der Waals surface area (Å²) in [6.45, 7) is 8.87. The van der Waals surface area contributed by atoms with Gasteiger partial charge in [-0.2, -0.15) is 0 Å². The van der Waals surface area contributed by atoms with Gasteiger partial charge in [0.15, 0.2) is 6.10 Å². The second-order valence-corrected chi connectivity index (χ2v) is 9.13. The van der Waals surface area contributed by atoms with E-state index >= 15 is 0 Å². The predicted octanol–water partition coefficient (Wildman–Crippen LogP) is 5.39. The van der Waals surface area contributed by atoms with Gasteiger partial charge in [-0.05, 0) is 56.6 Å². The molecule has 1 aliphatic carbocycles. The quantitative estimate of drug-likeness (QED) is 0.667. The Morgan fingerprint density at radius 2 is 1.97 bits per heavy atom. The molecule has 1 atom stereocenters. The highest BCUT2D eigenvalue weighted by Crippen LogP contribution is 2.37. The molecule has 0 aromatic heterocycles. The molecule has 1 unspecified atom stereocenters. The van der Waals surface area contributed by atoms with Crippen molar-refractivity contribution in [3.05, 3.63) is 18.2 Å². The number of unbranched alkanes of at least 4 members (excludes halogenated alkanes) is 1. The molecule has 0 spiro atoms. The van der Waals surface area contributed by atoms with Crippen LogP contribution in [0.3, 0.4) is 0 Å². The molecule has 0 radical (unpaired) electrons. The van der Waals surface area contributed by atoms with E-state index in [1.807, 2.05) is 18.2 Å². The van der Waals surface area contributed by atoms with E-state index in [1.54, 1.807) is 11.8 Å².